The molecule has 0 unspecified atom stereocenters. The highest BCUT2D eigenvalue weighted by molar-refractivity contribution is 6.10. The molecule has 0 atom stereocenters. The molecule has 0 spiro atoms. The Morgan fingerprint density at radius 2 is 1.43 bits per heavy atom. The molecular formula is C26H17N3O. The van der Waals surface area contributed by atoms with Gasteiger partial charge in [0.2, 0.25) is 11.8 Å². The number of aromatic nitrogens is 3. The van der Waals surface area contributed by atoms with Crippen LogP contribution in [0.25, 0.3) is 61.7 Å². The Morgan fingerprint density at radius 3 is 2.33 bits per heavy atom. The molecule has 0 bridgehead atoms. The van der Waals surface area contributed by atoms with Crippen molar-refractivity contribution in [2.75, 3.05) is 0 Å². The molecule has 30 heavy (non-hydrogen) atoms. The summed E-state index contributed by atoms with van der Waals surface area (Å²) in [6.07, 6.45) is 1.84. The van der Waals surface area contributed by atoms with E-state index in [0.717, 1.165) is 38.3 Å². The van der Waals surface area contributed by atoms with E-state index in [2.05, 4.69) is 63.8 Å². The first-order chi connectivity index (χ1) is 14.8. The van der Waals surface area contributed by atoms with Gasteiger partial charge in [-0.1, -0.05) is 61.2 Å². The maximum atomic E-state index is 6.11. The first-order valence-corrected chi connectivity index (χ1v) is 9.81. The van der Waals surface area contributed by atoms with Crippen molar-refractivity contribution in [2.45, 2.75) is 0 Å². The summed E-state index contributed by atoms with van der Waals surface area (Å²) in [6, 6.07) is 28.8. The van der Waals surface area contributed by atoms with Crippen LogP contribution >= 0.6 is 0 Å². The predicted octanol–water partition coefficient (Wildman–Crippen LogP) is 6.77. The van der Waals surface area contributed by atoms with Crippen LogP contribution in [0.5, 0.6) is 0 Å². The summed E-state index contributed by atoms with van der Waals surface area (Å²) in [5, 5.41) is 13.2. The van der Waals surface area contributed by atoms with Crippen LogP contribution in [0.4, 0.5) is 0 Å². The Morgan fingerprint density at radius 1 is 0.700 bits per heavy atom. The van der Waals surface area contributed by atoms with Crippen molar-refractivity contribution in [3.8, 4) is 22.9 Å². The Bertz CT molecular complexity index is 1570. The van der Waals surface area contributed by atoms with E-state index in [0.29, 0.717) is 11.8 Å². The monoisotopic (exact) mass is 387 g/mol. The lowest BCUT2D eigenvalue weighted by Gasteiger charge is -2.02. The van der Waals surface area contributed by atoms with Gasteiger partial charge in [0.1, 0.15) is 0 Å². The molecule has 0 amide bonds. The van der Waals surface area contributed by atoms with Crippen molar-refractivity contribution >= 4 is 38.8 Å². The molecule has 0 N–H and O–H groups in total. The zero-order chi connectivity index (χ0) is 20.1. The topological polar surface area (TPSA) is 43.9 Å². The van der Waals surface area contributed by atoms with Gasteiger partial charge < -0.3 is 8.98 Å². The lowest BCUT2D eigenvalue weighted by atomic mass is 10.0. The lowest BCUT2D eigenvalue weighted by Crippen LogP contribution is -1.84. The van der Waals surface area contributed by atoms with Gasteiger partial charge >= 0.3 is 0 Å². The summed E-state index contributed by atoms with van der Waals surface area (Å²) in [5.41, 5.74) is 4.06. The minimum atomic E-state index is 0.510. The van der Waals surface area contributed by atoms with Gasteiger partial charge in [0.25, 0.3) is 0 Å². The number of hydrogen-bond acceptors (Lipinski definition) is 3. The maximum Gasteiger partial charge on any atom is 0.248 e. The fourth-order valence-corrected chi connectivity index (χ4v) is 4.19. The van der Waals surface area contributed by atoms with Crippen LogP contribution in [0, 0.1) is 0 Å². The van der Waals surface area contributed by atoms with Gasteiger partial charge in [0.15, 0.2) is 0 Å². The van der Waals surface area contributed by atoms with E-state index in [4.69, 9.17) is 4.42 Å². The molecule has 4 nitrogen and oxygen atoms in total. The van der Waals surface area contributed by atoms with Gasteiger partial charge in [-0.05, 0) is 41.1 Å². The lowest BCUT2D eigenvalue weighted by molar-refractivity contribution is 0.585. The third kappa shape index (κ3) is 2.40. The van der Waals surface area contributed by atoms with Gasteiger partial charge in [-0.15, -0.1) is 10.2 Å². The van der Waals surface area contributed by atoms with Crippen LogP contribution in [0.1, 0.15) is 0 Å². The smallest absolute Gasteiger partial charge is 0.248 e. The normalized spacial score (nSPS) is 11.5. The number of benzene rings is 4. The highest BCUT2D eigenvalue weighted by Crippen LogP contribution is 2.34. The summed E-state index contributed by atoms with van der Waals surface area (Å²) >= 11 is 0. The Labute approximate surface area is 172 Å². The Hall–Kier alpha value is -4.18. The van der Waals surface area contributed by atoms with E-state index in [1.165, 1.54) is 5.39 Å². The predicted molar refractivity (Wildman–Crippen MR) is 122 cm³/mol. The third-order valence-electron chi connectivity index (χ3n) is 5.58. The molecule has 4 heteroatoms. The van der Waals surface area contributed by atoms with Gasteiger partial charge in [-0.2, -0.15) is 0 Å². The van der Waals surface area contributed by atoms with Crippen molar-refractivity contribution in [3.05, 3.63) is 91.5 Å². The van der Waals surface area contributed by atoms with Crippen molar-refractivity contribution in [2.24, 2.45) is 0 Å². The molecule has 0 fully saturated rings. The van der Waals surface area contributed by atoms with Crippen molar-refractivity contribution in [1.82, 2.24) is 14.8 Å². The summed E-state index contributed by atoms with van der Waals surface area (Å²) in [6.45, 7) is 3.97. The first kappa shape index (κ1) is 16.7. The molecule has 0 aliphatic rings. The fraction of sp³-hybridized carbons (Fsp3) is 0. The van der Waals surface area contributed by atoms with E-state index in [9.17, 15) is 0 Å². The number of rotatable bonds is 3. The molecular weight excluding hydrogens is 370 g/mol. The summed E-state index contributed by atoms with van der Waals surface area (Å²) in [7, 11) is 0. The quantitative estimate of drug-likeness (QED) is 0.337. The molecule has 142 valence electrons. The average molecular weight is 387 g/mol. The molecule has 0 aliphatic heterocycles. The summed E-state index contributed by atoms with van der Waals surface area (Å²) in [5.74, 6) is 1.03. The Kier molecular flexibility index (Phi) is 3.59. The second-order valence-electron chi connectivity index (χ2n) is 7.24. The van der Waals surface area contributed by atoms with Crippen LogP contribution in [-0.4, -0.2) is 14.8 Å². The highest BCUT2D eigenvalue weighted by atomic mass is 16.4. The molecule has 6 rings (SSSR count). The van der Waals surface area contributed by atoms with Crippen LogP contribution in [0.2, 0.25) is 0 Å². The molecule has 2 heterocycles. The first-order valence-electron chi connectivity index (χ1n) is 9.81. The molecule has 0 saturated carbocycles. The van der Waals surface area contributed by atoms with Crippen LogP contribution < -0.4 is 0 Å². The van der Waals surface area contributed by atoms with E-state index < -0.39 is 0 Å². The summed E-state index contributed by atoms with van der Waals surface area (Å²) < 4.78 is 8.21. The van der Waals surface area contributed by atoms with Crippen LogP contribution in [-0.2, 0) is 0 Å². The van der Waals surface area contributed by atoms with E-state index in [1.54, 1.807) is 0 Å². The minimum Gasteiger partial charge on any atom is -0.416 e. The number of fused-ring (bicyclic) bond motifs is 4. The van der Waals surface area contributed by atoms with E-state index in [-0.39, 0.29) is 0 Å². The van der Waals surface area contributed by atoms with Gasteiger partial charge in [-0.25, -0.2) is 0 Å². The number of nitrogens with zero attached hydrogens (tertiary/aromatic N) is 3. The van der Waals surface area contributed by atoms with Gasteiger partial charge in [-0.3, -0.25) is 0 Å². The molecule has 0 radical (unpaired) electrons. The standard InChI is InChI=1S/C26H17N3O/c1-2-29-23-13-6-5-11-20(23)22-16-18(14-15-24(22)29)25-27-28-26(30-25)21-12-7-9-17-8-3-4-10-19(17)21/h2-16H,1H2. The van der Waals surface area contributed by atoms with Crippen LogP contribution in [0.3, 0.4) is 0 Å². The van der Waals surface area contributed by atoms with Gasteiger partial charge in [0, 0.05) is 28.1 Å². The zero-order valence-electron chi connectivity index (χ0n) is 16.1. The molecule has 0 saturated heterocycles. The Balaban J connectivity index is 1.51. The minimum absolute atomic E-state index is 0.510. The van der Waals surface area contributed by atoms with E-state index >= 15 is 0 Å². The van der Waals surface area contributed by atoms with Crippen molar-refractivity contribution < 1.29 is 4.42 Å². The number of hydrogen-bond donors (Lipinski definition) is 0. The average Bonchev–Trinajstić information content (AvgIpc) is 3.41. The van der Waals surface area contributed by atoms with Crippen molar-refractivity contribution in [1.29, 1.82) is 0 Å². The molecule has 6 aromatic rings. The summed E-state index contributed by atoms with van der Waals surface area (Å²) in [4.78, 5) is 0. The fourth-order valence-electron chi connectivity index (χ4n) is 4.19. The van der Waals surface area contributed by atoms with Crippen LogP contribution in [0.15, 0.2) is 95.9 Å². The third-order valence-corrected chi connectivity index (χ3v) is 5.58. The van der Waals surface area contributed by atoms with E-state index in [1.807, 2.05) is 48.7 Å². The highest BCUT2D eigenvalue weighted by Gasteiger charge is 2.15. The van der Waals surface area contributed by atoms with Gasteiger partial charge in [0.05, 0.1) is 11.0 Å². The molecule has 0 aliphatic carbocycles. The molecule has 4 aromatic carbocycles. The molecule has 2 aromatic heterocycles. The SMILES string of the molecule is C=Cn1c2ccccc2c2cc(-c3nnc(-c4cccc5ccccc45)o3)ccc21. The van der Waals surface area contributed by atoms with Crippen molar-refractivity contribution in [3.63, 3.8) is 0 Å². The maximum absolute atomic E-state index is 6.11. The zero-order valence-corrected chi connectivity index (χ0v) is 16.1. The largest absolute Gasteiger partial charge is 0.416 e. The number of para-hydroxylation sites is 1. The second-order valence-corrected chi connectivity index (χ2v) is 7.24. The second kappa shape index (κ2) is 6.42.